The van der Waals surface area contributed by atoms with Crippen LogP contribution in [0.15, 0.2) is 24.3 Å². The van der Waals surface area contributed by atoms with Crippen molar-refractivity contribution in [3.8, 4) is 5.75 Å². The monoisotopic (exact) mass is 288 g/mol. The van der Waals surface area contributed by atoms with Crippen molar-refractivity contribution in [3.05, 3.63) is 29.8 Å². The number of rotatable bonds is 5. The number of aryl methyl sites for hydroxylation is 1. The van der Waals surface area contributed by atoms with Crippen molar-refractivity contribution < 1.29 is 9.53 Å². The lowest BCUT2D eigenvalue weighted by Crippen LogP contribution is -2.46. The van der Waals surface area contributed by atoms with Crippen LogP contribution in [0.3, 0.4) is 0 Å². The molecule has 0 aromatic heterocycles. The van der Waals surface area contributed by atoms with Crippen LogP contribution in [0, 0.1) is 6.92 Å². The first kappa shape index (κ1) is 14.4. The lowest BCUT2D eigenvalue weighted by molar-refractivity contribution is -0.124. The molecule has 0 unspecified atom stereocenters. The van der Waals surface area contributed by atoms with E-state index in [1.807, 2.05) is 31.2 Å². The lowest BCUT2D eigenvalue weighted by Gasteiger charge is -2.32. The Balaban J connectivity index is 1.37. The summed E-state index contributed by atoms with van der Waals surface area (Å²) < 4.78 is 5.51. The predicted octanol–water partition coefficient (Wildman–Crippen LogP) is 2.12. The van der Waals surface area contributed by atoms with E-state index < -0.39 is 0 Å². The van der Waals surface area contributed by atoms with Gasteiger partial charge in [0.25, 0.3) is 5.91 Å². The molecule has 1 saturated heterocycles. The first-order valence-corrected chi connectivity index (χ1v) is 7.93. The Labute approximate surface area is 126 Å². The van der Waals surface area contributed by atoms with Gasteiger partial charge in [-0.15, -0.1) is 0 Å². The van der Waals surface area contributed by atoms with Gasteiger partial charge in [-0.2, -0.15) is 0 Å². The molecule has 1 aromatic carbocycles. The fourth-order valence-electron chi connectivity index (χ4n) is 2.90. The molecule has 1 heterocycles. The molecule has 2 aliphatic rings. The van der Waals surface area contributed by atoms with Crippen LogP contribution in [-0.2, 0) is 4.79 Å². The predicted molar refractivity (Wildman–Crippen MR) is 82.4 cm³/mol. The van der Waals surface area contributed by atoms with E-state index in [1.165, 1.54) is 18.4 Å². The Kier molecular flexibility index (Phi) is 4.44. The van der Waals surface area contributed by atoms with E-state index in [4.69, 9.17) is 4.74 Å². The number of hydrogen-bond donors (Lipinski definition) is 1. The highest BCUT2D eigenvalue weighted by Gasteiger charge is 2.32. The number of amides is 1. The normalized spacial score (nSPS) is 20.2. The number of carbonyl (C=O) groups excluding carboxylic acids is 1. The Morgan fingerprint density at radius 3 is 2.48 bits per heavy atom. The second kappa shape index (κ2) is 6.48. The highest BCUT2D eigenvalue weighted by molar-refractivity contribution is 5.77. The van der Waals surface area contributed by atoms with Crippen LogP contribution in [0.5, 0.6) is 5.75 Å². The quantitative estimate of drug-likeness (QED) is 0.902. The van der Waals surface area contributed by atoms with E-state index in [2.05, 4.69) is 10.2 Å². The average Bonchev–Trinajstić information content (AvgIpc) is 3.32. The highest BCUT2D eigenvalue weighted by atomic mass is 16.5. The van der Waals surface area contributed by atoms with Crippen LogP contribution in [0.2, 0.25) is 0 Å². The minimum Gasteiger partial charge on any atom is -0.484 e. The van der Waals surface area contributed by atoms with Crippen molar-refractivity contribution in [1.82, 2.24) is 10.2 Å². The summed E-state index contributed by atoms with van der Waals surface area (Å²) in [5.41, 5.74) is 1.19. The van der Waals surface area contributed by atoms with Gasteiger partial charge in [-0.3, -0.25) is 4.79 Å². The number of benzene rings is 1. The molecule has 1 N–H and O–H groups in total. The van der Waals surface area contributed by atoms with Crippen molar-refractivity contribution in [2.45, 2.75) is 44.7 Å². The standard InChI is InChI=1S/C17H24N2O2/c1-13-2-6-16(7-3-13)21-12-17(20)18-14-8-10-19(11-9-14)15-4-5-15/h2-3,6-7,14-15H,4-5,8-12H2,1H3,(H,18,20). The third-order valence-corrected chi connectivity index (χ3v) is 4.35. The van der Waals surface area contributed by atoms with E-state index in [0.717, 1.165) is 37.7 Å². The Morgan fingerprint density at radius 2 is 1.86 bits per heavy atom. The highest BCUT2D eigenvalue weighted by Crippen LogP contribution is 2.29. The molecule has 0 bridgehead atoms. The van der Waals surface area contributed by atoms with Crippen LogP contribution in [0.1, 0.15) is 31.2 Å². The third kappa shape index (κ3) is 4.21. The molecule has 21 heavy (non-hydrogen) atoms. The summed E-state index contributed by atoms with van der Waals surface area (Å²) in [7, 11) is 0. The zero-order valence-corrected chi connectivity index (χ0v) is 12.7. The maximum absolute atomic E-state index is 11.9. The van der Waals surface area contributed by atoms with Gasteiger partial charge in [0, 0.05) is 25.2 Å². The summed E-state index contributed by atoms with van der Waals surface area (Å²) in [5.74, 6) is 0.736. The Hall–Kier alpha value is -1.55. The largest absolute Gasteiger partial charge is 0.484 e. The fraction of sp³-hybridized carbons (Fsp3) is 0.588. The van der Waals surface area contributed by atoms with E-state index >= 15 is 0 Å². The summed E-state index contributed by atoms with van der Waals surface area (Å²) in [6.45, 7) is 4.37. The molecule has 0 atom stereocenters. The topological polar surface area (TPSA) is 41.6 Å². The molecule has 0 radical (unpaired) electrons. The molecular weight excluding hydrogens is 264 g/mol. The van der Waals surface area contributed by atoms with Crippen LogP contribution in [0.4, 0.5) is 0 Å². The maximum atomic E-state index is 11.9. The van der Waals surface area contributed by atoms with Gasteiger partial charge in [0.2, 0.25) is 0 Å². The van der Waals surface area contributed by atoms with E-state index in [0.29, 0.717) is 6.04 Å². The molecule has 4 nitrogen and oxygen atoms in total. The molecule has 2 fully saturated rings. The van der Waals surface area contributed by atoms with Crippen molar-refractivity contribution in [3.63, 3.8) is 0 Å². The van der Waals surface area contributed by atoms with Gasteiger partial charge in [0.05, 0.1) is 0 Å². The summed E-state index contributed by atoms with van der Waals surface area (Å²) in [6.07, 6.45) is 4.85. The number of likely N-dealkylation sites (tertiary alicyclic amines) is 1. The first-order valence-electron chi connectivity index (χ1n) is 7.93. The fourth-order valence-corrected chi connectivity index (χ4v) is 2.90. The minimum absolute atomic E-state index is 0.0135. The molecule has 1 aromatic rings. The van der Waals surface area contributed by atoms with Gasteiger partial charge in [0.15, 0.2) is 6.61 Å². The molecule has 4 heteroatoms. The number of hydrogen-bond acceptors (Lipinski definition) is 3. The number of carbonyl (C=O) groups is 1. The Morgan fingerprint density at radius 1 is 1.19 bits per heavy atom. The minimum atomic E-state index is -0.0135. The van der Waals surface area contributed by atoms with E-state index in [1.54, 1.807) is 0 Å². The summed E-state index contributed by atoms with van der Waals surface area (Å²) in [5, 5.41) is 3.09. The second-order valence-electron chi connectivity index (χ2n) is 6.21. The van der Waals surface area contributed by atoms with Gasteiger partial charge in [0.1, 0.15) is 5.75 Å². The summed E-state index contributed by atoms with van der Waals surface area (Å²) >= 11 is 0. The Bertz CT molecular complexity index is 474. The molecule has 114 valence electrons. The van der Waals surface area contributed by atoms with Gasteiger partial charge in [-0.1, -0.05) is 17.7 Å². The molecule has 1 aliphatic carbocycles. The van der Waals surface area contributed by atoms with Gasteiger partial charge in [-0.25, -0.2) is 0 Å². The molecule has 1 saturated carbocycles. The third-order valence-electron chi connectivity index (χ3n) is 4.35. The average molecular weight is 288 g/mol. The van der Waals surface area contributed by atoms with Crippen LogP contribution < -0.4 is 10.1 Å². The van der Waals surface area contributed by atoms with Crippen LogP contribution in [0.25, 0.3) is 0 Å². The van der Waals surface area contributed by atoms with E-state index in [9.17, 15) is 4.79 Å². The number of piperidine rings is 1. The number of ether oxygens (including phenoxy) is 1. The first-order chi connectivity index (χ1) is 10.2. The summed E-state index contributed by atoms with van der Waals surface area (Å²) in [4.78, 5) is 14.5. The van der Waals surface area contributed by atoms with Crippen molar-refractivity contribution in [2.75, 3.05) is 19.7 Å². The molecule has 1 amide bonds. The summed E-state index contributed by atoms with van der Waals surface area (Å²) in [6, 6.07) is 8.93. The second-order valence-corrected chi connectivity index (χ2v) is 6.21. The van der Waals surface area contributed by atoms with Crippen molar-refractivity contribution in [2.24, 2.45) is 0 Å². The molecule has 3 rings (SSSR count). The van der Waals surface area contributed by atoms with Gasteiger partial charge >= 0.3 is 0 Å². The molecular formula is C17H24N2O2. The SMILES string of the molecule is Cc1ccc(OCC(=O)NC2CCN(C3CC3)CC2)cc1. The molecule has 1 aliphatic heterocycles. The maximum Gasteiger partial charge on any atom is 0.258 e. The van der Waals surface area contributed by atoms with Crippen molar-refractivity contribution >= 4 is 5.91 Å². The van der Waals surface area contributed by atoms with Gasteiger partial charge < -0.3 is 15.0 Å². The van der Waals surface area contributed by atoms with Gasteiger partial charge in [-0.05, 0) is 44.7 Å². The smallest absolute Gasteiger partial charge is 0.258 e. The number of nitrogens with zero attached hydrogens (tertiary/aromatic N) is 1. The van der Waals surface area contributed by atoms with E-state index in [-0.39, 0.29) is 12.5 Å². The van der Waals surface area contributed by atoms with Crippen LogP contribution >= 0.6 is 0 Å². The molecule has 0 spiro atoms. The zero-order chi connectivity index (χ0) is 14.7. The van der Waals surface area contributed by atoms with Crippen molar-refractivity contribution in [1.29, 1.82) is 0 Å². The lowest BCUT2D eigenvalue weighted by atomic mass is 10.0. The zero-order valence-electron chi connectivity index (χ0n) is 12.7. The van der Waals surface area contributed by atoms with Crippen LogP contribution in [-0.4, -0.2) is 42.6 Å². The number of nitrogens with one attached hydrogen (secondary N) is 1.